The zero-order valence-electron chi connectivity index (χ0n) is 16.4. The third-order valence-electron chi connectivity index (χ3n) is 5.06. The first-order valence-electron chi connectivity index (χ1n) is 9.35. The van der Waals surface area contributed by atoms with Gasteiger partial charge in [-0.25, -0.2) is 0 Å². The molecule has 2 aromatic carbocycles. The normalized spacial score (nSPS) is 14.9. The van der Waals surface area contributed by atoms with Crippen molar-refractivity contribution in [2.24, 2.45) is 0 Å². The number of ether oxygens (including phenoxy) is 2. The Morgan fingerprint density at radius 3 is 2.15 bits per heavy atom. The second-order valence-corrected chi connectivity index (χ2v) is 7.01. The number of hydrogen-bond acceptors (Lipinski definition) is 4. The number of benzene rings is 2. The van der Waals surface area contributed by atoms with Crippen LogP contribution in [0.5, 0.6) is 11.5 Å². The number of carbonyl (C=O) groups excluding carboxylic acids is 1. The van der Waals surface area contributed by atoms with Crippen molar-refractivity contribution in [2.45, 2.75) is 19.9 Å². The maximum absolute atomic E-state index is 12.5. The quantitative estimate of drug-likeness (QED) is 0.786. The molecule has 0 aromatic heterocycles. The van der Waals surface area contributed by atoms with Gasteiger partial charge in [0.05, 0.1) is 20.6 Å². The largest absolute Gasteiger partial charge is 0.493 e. The third-order valence-corrected chi connectivity index (χ3v) is 5.06. The fourth-order valence-electron chi connectivity index (χ4n) is 3.38. The lowest BCUT2D eigenvalue weighted by molar-refractivity contribution is -0.132. The molecule has 0 aliphatic carbocycles. The highest BCUT2D eigenvalue weighted by Gasteiger charge is 2.21. The van der Waals surface area contributed by atoms with Gasteiger partial charge in [0.25, 0.3) is 0 Å². The third kappa shape index (κ3) is 5.01. The van der Waals surface area contributed by atoms with Crippen LogP contribution in [0, 0.1) is 6.92 Å². The molecule has 0 spiro atoms. The number of rotatable bonds is 6. The van der Waals surface area contributed by atoms with Crippen molar-refractivity contribution in [3.05, 3.63) is 59.2 Å². The predicted molar refractivity (Wildman–Crippen MR) is 106 cm³/mol. The lowest BCUT2D eigenvalue weighted by Crippen LogP contribution is -2.48. The molecule has 3 rings (SSSR count). The second kappa shape index (κ2) is 8.91. The van der Waals surface area contributed by atoms with Gasteiger partial charge in [0, 0.05) is 32.7 Å². The summed E-state index contributed by atoms with van der Waals surface area (Å²) in [6, 6.07) is 14.2. The summed E-state index contributed by atoms with van der Waals surface area (Å²) in [6.07, 6.45) is 0.482. The zero-order chi connectivity index (χ0) is 19.2. The van der Waals surface area contributed by atoms with Gasteiger partial charge in [-0.15, -0.1) is 0 Å². The molecule has 0 N–H and O–H groups in total. The van der Waals surface area contributed by atoms with Crippen molar-refractivity contribution in [1.29, 1.82) is 0 Å². The van der Waals surface area contributed by atoms with Crippen LogP contribution in [0.4, 0.5) is 0 Å². The number of nitrogens with zero attached hydrogens (tertiary/aromatic N) is 2. The van der Waals surface area contributed by atoms with Crippen LogP contribution in [-0.4, -0.2) is 56.1 Å². The minimum absolute atomic E-state index is 0.213. The van der Waals surface area contributed by atoms with Crippen molar-refractivity contribution in [3.8, 4) is 11.5 Å². The number of amides is 1. The molecular weight excluding hydrogens is 340 g/mol. The van der Waals surface area contributed by atoms with E-state index < -0.39 is 0 Å². The molecule has 0 radical (unpaired) electrons. The Bertz CT molecular complexity index is 766. The topological polar surface area (TPSA) is 42.0 Å². The molecule has 0 bridgehead atoms. The Hall–Kier alpha value is -2.53. The van der Waals surface area contributed by atoms with Crippen LogP contribution in [0.15, 0.2) is 42.5 Å². The van der Waals surface area contributed by atoms with Crippen LogP contribution in [0.25, 0.3) is 0 Å². The number of aryl methyl sites for hydroxylation is 1. The predicted octanol–water partition coefficient (Wildman–Crippen LogP) is 2.90. The first kappa shape index (κ1) is 19.2. The molecule has 0 atom stereocenters. The van der Waals surface area contributed by atoms with E-state index in [-0.39, 0.29) is 5.91 Å². The SMILES string of the molecule is COc1ccc(CN2CCN(C(=O)Cc3ccc(C)cc3)CC2)cc1OC. The summed E-state index contributed by atoms with van der Waals surface area (Å²) < 4.78 is 10.7. The summed E-state index contributed by atoms with van der Waals surface area (Å²) >= 11 is 0. The van der Waals surface area contributed by atoms with E-state index >= 15 is 0 Å². The molecule has 1 amide bonds. The second-order valence-electron chi connectivity index (χ2n) is 7.01. The molecule has 1 aliphatic rings. The summed E-state index contributed by atoms with van der Waals surface area (Å²) in [5.74, 6) is 1.71. The zero-order valence-corrected chi connectivity index (χ0v) is 16.4. The number of methoxy groups -OCH3 is 2. The summed E-state index contributed by atoms with van der Waals surface area (Å²) in [4.78, 5) is 16.9. The van der Waals surface area contributed by atoms with E-state index in [9.17, 15) is 4.79 Å². The summed E-state index contributed by atoms with van der Waals surface area (Å²) in [7, 11) is 3.30. The van der Waals surface area contributed by atoms with Gasteiger partial charge < -0.3 is 14.4 Å². The molecule has 144 valence electrons. The minimum atomic E-state index is 0.213. The molecular formula is C22H28N2O3. The first-order valence-corrected chi connectivity index (χ1v) is 9.35. The Morgan fingerprint density at radius 2 is 1.52 bits per heavy atom. The van der Waals surface area contributed by atoms with Crippen molar-refractivity contribution in [1.82, 2.24) is 9.80 Å². The van der Waals surface area contributed by atoms with Crippen molar-refractivity contribution >= 4 is 5.91 Å². The Balaban J connectivity index is 1.51. The Kier molecular flexibility index (Phi) is 6.35. The van der Waals surface area contributed by atoms with Gasteiger partial charge in [-0.05, 0) is 30.2 Å². The van der Waals surface area contributed by atoms with Crippen molar-refractivity contribution in [2.75, 3.05) is 40.4 Å². The smallest absolute Gasteiger partial charge is 0.227 e. The minimum Gasteiger partial charge on any atom is -0.493 e. The maximum Gasteiger partial charge on any atom is 0.227 e. The number of carbonyl (C=O) groups is 1. The van der Waals surface area contributed by atoms with Crippen LogP contribution >= 0.6 is 0 Å². The molecule has 27 heavy (non-hydrogen) atoms. The monoisotopic (exact) mass is 368 g/mol. The number of hydrogen-bond donors (Lipinski definition) is 0. The average molecular weight is 368 g/mol. The van der Waals surface area contributed by atoms with Gasteiger partial charge in [0.1, 0.15) is 0 Å². The highest BCUT2D eigenvalue weighted by atomic mass is 16.5. The van der Waals surface area contributed by atoms with E-state index in [4.69, 9.17) is 9.47 Å². The lowest BCUT2D eigenvalue weighted by atomic mass is 10.1. The molecule has 2 aromatic rings. The maximum atomic E-state index is 12.5. The molecule has 0 saturated carbocycles. The molecule has 1 heterocycles. The summed E-state index contributed by atoms with van der Waals surface area (Å²) in [5, 5.41) is 0. The van der Waals surface area contributed by atoms with Gasteiger partial charge in [-0.3, -0.25) is 9.69 Å². The average Bonchev–Trinajstić information content (AvgIpc) is 2.70. The van der Waals surface area contributed by atoms with Crippen LogP contribution in [0.3, 0.4) is 0 Å². The number of piperazine rings is 1. The van der Waals surface area contributed by atoms with E-state index in [1.807, 2.05) is 29.2 Å². The Labute approximate surface area is 161 Å². The van der Waals surface area contributed by atoms with E-state index in [1.54, 1.807) is 14.2 Å². The van der Waals surface area contributed by atoms with E-state index in [0.717, 1.165) is 49.8 Å². The van der Waals surface area contributed by atoms with Crippen molar-refractivity contribution in [3.63, 3.8) is 0 Å². The van der Waals surface area contributed by atoms with Gasteiger partial charge >= 0.3 is 0 Å². The fourth-order valence-corrected chi connectivity index (χ4v) is 3.38. The van der Waals surface area contributed by atoms with Crippen LogP contribution in [-0.2, 0) is 17.8 Å². The summed E-state index contributed by atoms with van der Waals surface area (Å²) in [6.45, 7) is 6.22. The highest BCUT2D eigenvalue weighted by molar-refractivity contribution is 5.78. The lowest BCUT2D eigenvalue weighted by Gasteiger charge is -2.35. The highest BCUT2D eigenvalue weighted by Crippen LogP contribution is 2.28. The molecule has 1 fully saturated rings. The van der Waals surface area contributed by atoms with Gasteiger partial charge in [0.15, 0.2) is 11.5 Å². The van der Waals surface area contributed by atoms with E-state index in [0.29, 0.717) is 6.42 Å². The molecule has 1 aliphatic heterocycles. The Morgan fingerprint density at radius 1 is 0.889 bits per heavy atom. The standard InChI is InChI=1S/C22H28N2O3/c1-17-4-6-18(7-5-17)15-22(25)24-12-10-23(11-13-24)16-19-8-9-20(26-2)21(14-19)27-3/h4-9,14H,10-13,15-16H2,1-3H3. The van der Waals surface area contributed by atoms with Gasteiger partial charge in [-0.1, -0.05) is 35.9 Å². The van der Waals surface area contributed by atoms with Crippen LogP contribution < -0.4 is 9.47 Å². The molecule has 1 saturated heterocycles. The summed E-state index contributed by atoms with van der Waals surface area (Å²) in [5.41, 5.74) is 3.49. The molecule has 0 unspecified atom stereocenters. The van der Waals surface area contributed by atoms with Crippen molar-refractivity contribution < 1.29 is 14.3 Å². The van der Waals surface area contributed by atoms with E-state index in [2.05, 4.69) is 30.0 Å². The van der Waals surface area contributed by atoms with Gasteiger partial charge in [0.2, 0.25) is 5.91 Å². The fraction of sp³-hybridized carbons (Fsp3) is 0.409. The van der Waals surface area contributed by atoms with Crippen LogP contribution in [0.1, 0.15) is 16.7 Å². The van der Waals surface area contributed by atoms with Crippen LogP contribution in [0.2, 0.25) is 0 Å². The molecule has 5 nitrogen and oxygen atoms in total. The molecule has 5 heteroatoms. The van der Waals surface area contributed by atoms with E-state index in [1.165, 1.54) is 11.1 Å². The van der Waals surface area contributed by atoms with Gasteiger partial charge in [-0.2, -0.15) is 0 Å². The first-order chi connectivity index (χ1) is 13.1.